The fraction of sp³-hybridized carbons (Fsp3) is 0.167. The predicted molar refractivity (Wildman–Crippen MR) is 114 cm³/mol. The zero-order chi connectivity index (χ0) is 23.7. The van der Waals surface area contributed by atoms with E-state index in [0.717, 1.165) is 29.9 Å². The van der Waals surface area contributed by atoms with Gasteiger partial charge in [0.15, 0.2) is 10.8 Å². The summed E-state index contributed by atoms with van der Waals surface area (Å²) in [5, 5.41) is 0.168. The van der Waals surface area contributed by atoms with E-state index < -0.39 is 33.6 Å². The summed E-state index contributed by atoms with van der Waals surface area (Å²) in [6, 6.07) is 7.40. The van der Waals surface area contributed by atoms with Crippen LogP contribution < -0.4 is 9.62 Å². The van der Waals surface area contributed by atoms with Crippen molar-refractivity contribution in [3.05, 3.63) is 69.1 Å². The Balaban J connectivity index is 2.02. The van der Waals surface area contributed by atoms with E-state index in [9.17, 15) is 30.8 Å². The van der Waals surface area contributed by atoms with Crippen LogP contribution in [0.15, 0.2) is 46.4 Å². The lowest BCUT2D eigenvalue weighted by Crippen LogP contribution is -2.30. The molecule has 0 bridgehead atoms. The molecule has 0 unspecified atom stereocenters. The SMILES string of the molecule is CS(=O)(=O)NC(=O)c1nc(N(Cc2ccc(F)cc2)c2ccc(C(F)(F)F)nc2)sc1Br. The number of benzene rings is 1. The molecule has 3 rings (SSSR count). The molecule has 1 aromatic carbocycles. The number of nitrogens with one attached hydrogen (secondary N) is 1. The van der Waals surface area contributed by atoms with E-state index >= 15 is 0 Å². The number of carbonyl (C=O) groups excluding carboxylic acids is 1. The number of rotatable bonds is 6. The number of carbonyl (C=O) groups is 1. The van der Waals surface area contributed by atoms with Crippen molar-refractivity contribution >= 4 is 54.0 Å². The van der Waals surface area contributed by atoms with Crippen LogP contribution in [0.2, 0.25) is 0 Å². The largest absolute Gasteiger partial charge is 0.433 e. The first-order valence-electron chi connectivity index (χ1n) is 8.57. The van der Waals surface area contributed by atoms with Gasteiger partial charge >= 0.3 is 6.18 Å². The Morgan fingerprint density at radius 2 is 1.84 bits per heavy atom. The highest BCUT2D eigenvalue weighted by Crippen LogP contribution is 2.37. The first kappa shape index (κ1) is 24.1. The van der Waals surface area contributed by atoms with Crippen LogP contribution in [-0.2, 0) is 22.7 Å². The second-order valence-electron chi connectivity index (χ2n) is 6.43. The van der Waals surface area contributed by atoms with Gasteiger partial charge in [0.1, 0.15) is 15.3 Å². The molecule has 1 N–H and O–H groups in total. The van der Waals surface area contributed by atoms with Gasteiger partial charge in [0.25, 0.3) is 5.91 Å². The number of amides is 1. The zero-order valence-electron chi connectivity index (χ0n) is 16.0. The van der Waals surface area contributed by atoms with Crippen molar-refractivity contribution in [3.63, 3.8) is 0 Å². The fourth-order valence-electron chi connectivity index (χ4n) is 2.52. The number of anilines is 2. The topological polar surface area (TPSA) is 92.3 Å². The van der Waals surface area contributed by atoms with Crippen molar-refractivity contribution in [3.8, 4) is 0 Å². The molecule has 0 spiro atoms. The third-order valence-electron chi connectivity index (χ3n) is 3.90. The molecule has 32 heavy (non-hydrogen) atoms. The number of hydrogen-bond acceptors (Lipinski definition) is 7. The van der Waals surface area contributed by atoms with Crippen LogP contribution in [0.5, 0.6) is 0 Å². The number of alkyl halides is 3. The summed E-state index contributed by atoms with van der Waals surface area (Å²) in [5.41, 5.74) is -0.491. The van der Waals surface area contributed by atoms with Gasteiger partial charge in [-0.15, -0.1) is 0 Å². The Hall–Kier alpha value is -2.58. The van der Waals surface area contributed by atoms with Gasteiger partial charge in [-0.05, 0) is 45.8 Å². The van der Waals surface area contributed by atoms with E-state index in [2.05, 4.69) is 25.9 Å². The molecule has 0 atom stereocenters. The van der Waals surface area contributed by atoms with Gasteiger partial charge in [0, 0.05) is 0 Å². The molecule has 0 aliphatic heterocycles. The highest BCUT2D eigenvalue weighted by Gasteiger charge is 2.32. The molecular formula is C18H13BrF4N4O3S2. The Labute approximate surface area is 192 Å². The van der Waals surface area contributed by atoms with E-state index in [4.69, 9.17) is 0 Å². The van der Waals surface area contributed by atoms with Crippen molar-refractivity contribution in [2.45, 2.75) is 12.7 Å². The zero-order valence-corrected chi connectivity index (χ0v) is 19.2. The number of hydrogen-bond donors (Lipinski definition) is 1. The van der Waals surface area contributed by atoms with Gasteiger partial charge < -0.3 is 4.90 Å². The Morgan fingerprint density at radius 1 is 1.19 bits per heavy atom. The molecule has 2 heterocycles. The monoisotopic (exact) mass is 552 g/mol. The third kappa shape index (κ3) is 6.01. The van der Waals surface area contributed by atoms with Crippen molar-refractivity contribution in [2.24, 2.45) is 0 Å². The van der Waals surface area contributed by atoms with Crippen molar-refractivity contribution < 1.29 is 30.8 Å². The smallest absolute Gasteiger partial charge is 0.312 e. The van der Waals surface area contributed by atoms with Crippen LogP contribution in [0.1, 0.15) is 21.7 Å². The molecule has 0 saturated carbocycles. The molecule has 0 fully saturated rings. The number of thiazole rings is 1. The lowest BCUT2D eigenvalue weighted by Gasteiger charge is -2.22. The highest BCUT2D eigenvalue weighted by molar-refractivity contribution is 9.11. The maximum Gasteiger partial charge on any atom is 0.433 e. The summed E-state index contributed by atoms with van der Waals surface area (Å²) in [4.78, 5) is 21.3. The minimum absolute atomic E-state index is 0.0560. The minimum Gasteiger partial charge on any atom is -0.312 e. The van der Waals surface area contributed by atoms with Crippen molar-refractivity contribution in [1.29, 1.82) is 0 Å². The molecule has 0 aliphatic rings. The third-order valence-corrected chi connectivity index (χ3v) is 6.19. The van der Waals surface area contributed by atoms with Crippen LogP contribution in [0.4, 0.5) is 28.4 Å². The van der Waals surface area contributed by atoms with Gasteiger partial charge in [0.05, 0.1) is 24.7 Å². The summed E-state index contributed by atoms with van der Waals surface area (Å²) in [7, 11) is -3.84. The predicted octanol–water partition coefficient (Wildman–Crippen LogP) is 4.49. The molecule has 3 aromatic rings. The fourth-order valence-corrected chi connectivity index (χ4v) is 4.47. The van der Waals surface area contributed by atoms with Crippen LogP contribution >= 0.6 is 27.3 Å². The van der Waals surface area contributed by atoms with Gasteiger partial charge in [-0.2, -0.15) is 13.2 Å². The summed E-state index contributed by atoms with van der Waals surface area (Å²) in [5.74, 6) is -1.44. The second kappa shape index (κ2) is 9.11. The van der Waals surface area contributed by atoms with E-state index in [-0.39, 0.29) is 26.8 Å². The average molecular weight is 553 g/mol. The first-order valence-corrected chi connectivity index (χ1v) is 12.1. The lowest BCUT2D eigenvalue weighted by molar-refractivity contribution is -0.141. The molecule has 0 radical (unpaired) electrons. The van der Waals surface area contributed by atoms with E-state index in [0.29, 0.717) is 5.56 Å². The Kier molecular flexibility index (Phi) is 6.86. The van der Waals surface area contributed by atoms with Crippen LogP contribution in [-0.4, -0.2) is 30.5 Å². The summed E-state index contributed by atoms with van der Waals surface area (Å²) in [6.07, 6.45) is -2.82. The number of aromatic nitrogens is 2. The van der Waals surface area contributed by atoms with Gasteiger partial charge in [-0.1, -0.05) is 23.5 Å². The molecule has 14 heteroatoms. The maximum atomic E-state index is 13.3. The van der Waals surface area contributed by atoms with Crippen molar-refractivity contribution in [2.75, 3.05) is 11.2 Å². The van der Waals surface area contributed by atoms with Crippen molar-refractivity contribution in [1.82, 2.24) is 14.7 Å². The van der Waals surface area contributed by atoms with E-state index in [1.165, 1.54) is 35.2 Å². The first-order chi connectivity index (χ1) is 14.8. The second-order valence-corrected chi connectivity index (χ2v) is 10.5. The molecule has 0 aliphatic carbocycles. The van der Waals surface area contributed by atoms with Gasteiger partial charge in [-0.25, -0.2) is 27.5 Å². The number of sulfonamides is 1. The molecule has 0 saturated heterocycles. The number of halogens is 5. The highest BCUT2D eigenvalue weighted by atomic mass is 79.9. The molecule has 2 aromatic heterocycles. The number of nitrogens with zero attached hydrogens (tertiary/aromatic N) is 3. The Bertz CT molecular complexity index is 1230. The molecular weight excluding hydrogens is 540 g/mol. The molecule has 1 amide bonds. The lowest BCUT2D eigenvalue weighted by atomic mass is 10.2. The molecule has 170 valence electrons. The minimum atomic E-state index is -4.62. The standard InChI is InChI=1S/C18H13BrF4N4O3S2/c1-32(29,30)26-16(28)14-15(19)31-17(25-14)27(9-10-2-4-11(20)5-3-10)12-6-7-13(24-8-12)18(21,22)23/h2-8H,9H2,1H3,(H,26,28). The molecule has 7 nitrogen and oxygen atoms in total. The normalized spacial score (nSPS) is 11.9. The van der Waals surface area contributed by atoms with E-state index in [1.807, 2.05) is 0 Å². The maximum absolute atomic E-state index is 13.3. The van der Waals surface area contributed by atoms with Crippen LogP contribution in [0.3, 0.4) is 0 Å². The number of pyridine rings is 1. The van der Waals surface area contributed by atoms with Crippen LogP contribution in [0.25, 0.3) is 0 Å². The quantitative estimate of drug-likeness (QED) is 0.453. The van der Waals surface area contributed by atoms with Crippen LogP contribution in [0, 0.1) is 5.82 Å². The Morgan fingerprint density at radius 3 is 2.38 bits per heavy atom. The van der Waals surface area contributed by atoms with Gasteiger partial charge in [0.2, 0.25) is 10.0 Å². The summed E-state index contributed by atoms with van der Waals surface area (Å²) < 4.78 is 76.6. The average Bonchev–Trinajstić information content (AvgIpc) is 3.07. The van der Waals surface area contributed by atoms with E-state index in [1.54, 1.807) is 4.72 Å². The summed E-state index contributed by atoms with van der Waals surface area (Å²) in [6.45, 7) is 0.0560. The summed E-state index contributed by atoms with van der Waals surface area (Å²) >= 11 is 4.11. The van der Waals surface area contributed by atoms with Gasteiger partial charge in [-0.3, -0.25) is 4.79 Å².